The van der Waals surface area contributed by atoms with Crippen LogP contribution in [-0.4, -0.2) is 4.98 Å². The minimum absolute atomic E-state index is 0.195. The molecule has 4 heteroatoms. The molecule has 0 bridgehead atoms. The normalized spacial score (nSPS) is 11.9. The first-order chi connectivity index (χ1) is 14.8. The summed E-state index contributed by atoms with van der Waals surface area (Å²) in [6.45, 7) is 3.48. The molecule has 152 valence electrons. The first-order valence-corrected chi connectivity index (χ1v) is 11.0. The third-order valence-corrected chi connectivity index (χ3v) is 5.97. The van der Waals surface area contributed by atoms with Gasteiger partial charge in [0.05, 0.1) is 6.04 Å². The maximum absolute atomic E-state index is 5.89. The monoisotopic (exact) mass is 414 g/mol. The summed E-state index contributed by atoms with van der Waals surface area (Å²) in [4.78, 5) is 5.87. The quantitative estimate of drug-likeness (QED) is 0.359. The van der Waals surface area contributed by atoms with E-state index in [2.05, 4.69) is 71.8 Å². The topological polar surface area (TPSA) is 34.2 Å². The van der Waals surface area contributed by atoms with E-state index < -0.39 is 0 Å². The Morgan fingerprint density at radius 2 is 1.50 bits per heavy atom. The van der Waals surface area contributed by atoms with Gasteiger partial charge in [0.2, 0.25) is 0 Å². The van der Waals surface area contributed by atoms with E-state index in [1.165, 1.54) is 21.6 Å². The van der Waals surface area contributed by atoms with Crippen molar-refractivity contribution in [2.45, 2.75) is 32.5 Å². The summed E-state index contributed by atoms with van der Waals surface area (Å²) in [5.41, 5.74) is 3.71. The van der Waals surface area contributed by atoms with Gasteiger partial charge in [-0.1, -0.05) is 72.8 Å². The molecule has 3 aromatic carbocycles. The Morgan fingerprint density at radius 3 is 2.13 bits per heavy atom. The van der Waals surface area contributed by atoms with Gasteiger partial charge in [-0.25, -0.2) is 4.98 Å². The van der Waals surface area contributed by atoms with Crippen LogP contribution in [0.15, 0.2) is 91.1 Å². The van der Waals surface area contributed by atoms with Gasteiger partial charge in [0.15, 0.2) is 0 Å². The molecule has 0 amide bonds. The number of nitrogens with one attached hydrogen (secondary N) is 1. The summed E-state index contributed by atoms with van der Waals surface area (Å²) in [5.74, 6) is 0.888. The Labute approximate surface area is 182 Å². The second kappa shape index (κ2) is 10.2. The van der Waals surface area contributed by atoms with E-state index in [0.717, 1.165) is 23.7 Å². The minimum atomic E-state index is 0.195. The van der Waals surface area contributed by atoms with Gasteiger partial charge in [0, 0.05) is 17.6 Å². The fourth-order valence-electron chi connectivity index (χ4n) is 3.32. The molecule has 0 spiro atoms. The highest BCUT2D eigenvalue weighted by molar-refractivity contribution is 7.11. The van der Waals surface area contributed by atoms with Crippen LogP contribution in [0.1, 0.15) is 32.6 Å². The highest BCUT2D eigenvalue weighted by Gasteiger charge is 2.15. The number of aryl methyl sites for hydroxylation is 1. The molecule has 0 aliphatic rings. The fourth-order valence-corrected chi connectivity index (χ4v) is 4.16. The molecular formula is C26H26N2OS. The van der Waals surface area contributed by atoms with Crippen molar-refractivity contribution in [3.63, 3.8) is 0 Å². The largest absolute Gasteiger partial charge is 0.489 e. The van der Waals surface area contributed by atoms with E-state index in [-0.39, 0.29) is 6.04 Å². The number of benzene rings is 3. The molecule has 0 saturated carbocycles. The predicted molar refractivity (Wildman–Crippen MR) is 124 cm³/mol. The second-order valence-corrected chi connectivity index (χ2v) is 8.62. The molecule has 0 aliphatic carbocycles. The van der Waals surface area contributed by atoms with Crippen LogP contribution in [0.25, 0.3) is 0 Å². The van der Waals surface area contributed by atoms with Crippen molar-refractivity contribution in [3.05, 3.63) is 118 Å². The average Bonchev–Trinajstić information content (AvgIpc) is 3.23. The summed E-state index contributed by atoms with van der Waals surface area (Å²) >= 11 is 1.76. The van der Waals surface area contributed by atoms with Gasteiger partial charge in [0.25, 0.3) is 0 Å². The summed E-state index contributed by atoms with van der Waals surface area (Å²) in [7, 11) is 0. The number of nitrogens with zero attached hydrogens (tertiary/aromatic N) is 1. The van der Waals surface area contributed by atoms with Crippen LogP contribution in [0.4, 0.5) is 0 Å². The molecule has 1 unspecified atom stereocenters. The van der Waals surface area contributed by atoms with Gasteiger partial charge in [-0.05, 0) is 42.2 Å². The maximum Gasteiger partial charge on any atom is 0.119 e. The van der Waals surface area contributed by atoms with Crippen LogP contribution in [0.2, 0.25) is 0 Å². The molecular weight excluding hydrogens is 388 g/mol. The minimum Gasteiger partial charge on any atom is -0.489 e. The number of hydrogen-bond donors (Lipinski definition) is 1. The van der Waals surface area contributed by atoms with Crippen molar-refractivity contribution < 1.29 is 4.74 Å². The molecule has 1 heterocycles. The van der Waals surface area contributed by atoms with Gasteiger partial charge in [-0.2, -0.15) is 0 Å². The summed E-state index contributed by atoms with van der Waals surface area (Å²) < 4.78 is 5.89. The Morgan fingerprint density at radius 1 is 0.833 bits per heavy atom. The number of hydrogen-bond acceptors (Lipinski definition) is 4. The Kier molecular flexibility index (Phi) is 6.91. The van der Waals surface area contributed by atoms with Crippen LogP contribution in [0.5, 0.6) is 5.75 Å². The predicted octanol–water partition coefficient (Wildman–Crippen LogP) is 6.10. The molecule has 30 heavy (non-hydrogen) atoms. The van der Waals surface area contributed by atoms with E-state index in [1.54, 1.807) is 11.3 Å². The van der Waals surface area contributed by atoms with Crippen molar-refractivity contribution >= 4 is 11.3 Å². The number of rotatable bonds is 9. The lowest BCUT2D eigenvalue weighted by atomic mass is 10.1. The van der Waals surface area contributed by atoms with Crippen molar-refractivity contribution in [1.82, 2.24) is 10.3 Å². The Hall–Kier alpha value is -2.95. The Bertz CT molecular complexity index is 1030. The molecule has 1 atom stereocenters. The first kappa shape index (κ1) is 20.3. The van der Waals surface area contributed by atoms with E-state index in [9.17, 15) is 0 Å². The van der Waals surface area contributed by atoms with E-state index in [4.69, 9.17) is 4.74 Å². The van der Waals surface area contributed by atoms with Crippen molar-refractivity contribution in [2.75, 3.05) is 0 Å². The van der Waals surface area contributed by atoms with Gasteiger partial charge in [-0.15, -0.1) is 11.3 Å². The SMILES string of the molecule is Cc1cnc(C(Cc2ccccc2)NCc2ccc(OCc3ccccc3)cc2)s1. The zero-order valence-electron chi connectivity index (χ0n) is 17.1. The third kappa shape index (κ3) is 5.78. The number of ether oxygens (including phenoxy) is 1. The highest BCUT2D eigenvalue weighted by atomic mass is 32.1. The van der Waals surface area contributed by atoms with Crippen LogP contribution >= 0.6 is 11.3 Å². The summed E-state index contributed by atoms with van der Waals surface area (Å²) in [6, 6.07) is 29.3. The lowest BCUT2D eigenvalue weighted by molar-refractivity contribution is 0.306. The molecule has 0 radical (unpaired) electrons. The summed E-state index contributed by atoms with van der Waals surface area (Å²) in [6.07, 6.45) is 2.88. The lowest BCUT2D eigenvalue weighted by Crippen LogP contribution is -2.22. The molecule has 1 aromatic heterocycles. The average molecular weight is 415 g/mol. The van der Waals surface area contributed by atoms with Crippen molar-refractivity contribution in [1.29, 1.82) is 0 Å². The van der Waals surface area contributed by atoms with Gasteiger partial charge in [-0.3, -0.25) is 0 Å². The van der Waals surface area contributed by atoms with Crippen LogP contribution in [0.3, 0.4) is 0 Å². The number of aromatic nitrogens is 1. The lowest BCUT2D eigenvalue weighted by Gasteiger charge is -2.17. The fraction of sp³-hybridized carbons (Fsp3) is 0.192. The molecule has 1 N–H and O–H groups in total. The van der Waals surface area contributed by atoms with Crippen LogP contribution in [0, 0.1) is 6.92 Å². The standard InChI is InChI=1S/C26H26N2OS/c1-20-17-28-26(30-20)25(16-21-8-4-2-5-9-21)27-18-22-12-14-24(15-13-22)29-19-23-10-6-3-7-11-23/h2-15,17,25,27H,16,18-19H2,1H3. The molecule has 4 aromatic rings. The van der Waals surface area contributed by atoms with Crippen molar-refractivity contribution in [2.24, 2.45) is 0 Å². The highest BCUT2D eigenvalue weighted by Crippen LogP contribution is 2.24. The Balaban J connectivity index is 1.37. The van der Waals surface area contributed by atoms with E-state index in [1.807, 2.05) is 36.5 Å². The molecule has 0 saturated heterocycles. The summed E-state index contributed by atoms with van der Waals surface area (Å²) in [5, 5.41) is 4.84. The molecule has 4 rings (SSSR count). The third-order valence-electron chi connectivity index (χ3n) is 4.94. The van der Waals surface area contributed by atoms with Gasteiger partial charge < -0.3 is 10.1 Å². The van der Waals surface area contributed by atoms with Crippen LogP contribution in [-0.2, 0) is 19.6 Å². The zero-order chi connectivity index (χ0) is 20.6. The van der Waals surface area contributed by atoms with Crippen LogP contribution < -0.4 is 10.1 Å². The second-order valence-electron chi connectivity index (χ2n) is 7.35. The smallest absolute Gasteiger partial charge is 0.119 e. The molecule has 3 nitrogen and oxygen atoms in total. The number of thiazole rings is 1. The molecule has 0 aliphatic heterocycles. The van der Waals surface area contributed by atoms with Crippen molar-refractivity contribution in [3.8, 4) is 5.75 Å². The first-order valence-electron chi connectivity index (χ1n) is 10.2. The van der Waals surface area contributed by atoms with E-state index >= 15 is 0 Å². The maximum atomic E-state index is 5.89. The van der Waals surface area contributed by atoms with Gasteiger partial charge in [0.1, 0.15) is 17.4 Å². The van der Waals surface area contributed by atoms with Gasteiger partial charge >= 0.3 is 0 Å². The zero-order valence-corrected chi connectivity index (χ0v) is 17.9. The van der Waals surface area contributed by atoms with E-state index in [0.29, 0.717) is 6.61 Å². The molecule has 0 fully saturated rings.